The summed E-state index contributed by atoms with van der Waals surface area (Å²) in [5.41, 5.74) is 8.24. The molecule has 11 atom stereocenters. The van der Waals surface area contributed by atoms with E-state index < -0.39 is 94.8 Å². The molecule has 2 aromatic rings. The number of aliphatic hydroxyl groups is 1. The van der Waals surface area contributed by atoms with Crippen LogP contribution in [0.3, 0.4) is 0 Å². The molecule has 350 valence electrons. The minimum atomic E-state index is -3.64. The van der Waals surface area contributed by atoms with Crippen LogP contribution in [-0.4, -0.2) is 105 Å². The molecule has 0 aromatic heterocycles. The van der Waals surface area contributed by atoms with Crippen LogP contribution in [0.15, 0.2) is 53.4 Å². The van der Waals surface area contributed by atoms with Crippen LogP contribution in [0, 0.1) is 22.0 Å². The molecule has 1 unspecified atom stereocenters. The molecule has 2 aromatic carbocycles. The van der Waals surface area contributed by atoms with Crippen LogP contribution in [-0.2, 0) is 49.6 Å². The second-order valence-electron chi connectivity index (χ2n) is 19.2. The Morgan fingerprint density at radius 2 is 1.56 bits per heavy atom. The number of carbonyl (C=O) groups excluding carboxylic acids is 5. The summed E-state index contributed by atoms with van der Waals surface area (Å²) in [6, 6.07) is 9.98. The number of rotatable bonds is 20. The van der Waals surface area contributed by atoms with E-state index in [9.17, 15) is 33.3 Å². The number of aliphatic hydroxyl groups excluding tert-OH is 1. The molecule has 64 heavy (non-hydrogen) atoms. The van der Waals surface area contributed by atoms with Gasteiger partial charge in [-0.2, -0.15) is 0 Å². The highest BCUT2D eigenvalue weighted by atomic mass is 32.2. The SMILES string of the molecule is CCCCCCc1ccc(-c2ccc([S@@](=N)(=O)N3CCC[C@H]3C(=O)N[C@H](C(=O)N[C@@H](C)C(=O)NC(CC(N)=O)C(=O)N[C@@H](C)B3O[C@@H]4C[C@H]5C[C@H](C5(C)C)[C@]4(C)O3)[C@@H](C)O)cc2)cc1. The Hall–Kier alpha value is -4.36. The predicted molar refractivity (Wildman–Crippen MR) is 243 cm³/mol. The number of unbranched alkanes of at least 4 members (excludes halogenated alkanes) is 3. The van der Waals surface area contributed by atoms with E-state index in [2.05, 4.69) is 73.2 Å². The largest absolute Gasteiger partial charge is 0.481 e. The molecule has 18 heteroatoms. The lowest BCUT2D eigenvalue weighted by Crippen LogP contribution is -2.65. The molecule has 7 rings (SSSR count). The van der Waals surface area contributed by atoms with Gasteiger partial charge in [-0.15, -0.1) is 0 Å². The number of hydrogen-bond donors (Lipinski definition) is 7. The Kier molecular flexibility index (Phi) is 15.4. The van der Waals surface area contributed by atoms with Crippen LogP contribution in [0.2, 0.25) is 0 Å². The summed E-state index contributed by atoms with van der Waals surface area (Å²) in [4.78, 5) is 66.4. The maximum atomic E-state index is 14.1. The molecule has 3 aliphatic carbocycles. The van der Waals surface area contributed by atoms with Crippen LogP contribution in [0.5, 0.6) is 0 Å². The number of hydrogen-bond acceptors (Lipinski definition) is 10. The van der Waals surface area contributed by atoms with E-state index in [0.717, 1.165) is 36.8 Å². The first-order valence-electron chi connectivity index (χ1n) is 22.9. The van der Waals surface area contributed by atoms with Crippen LogP contribution in [0.1, 0.15) is 112 Å². The van der Waals surface area contributed by atoms with E-state index in [1.54, 1.807) is 19.1 Å². The summed E-state index contributed by atoms with van der Waals surface area (Å²) in [6.45, 7) is 13.3. The van der Waals surface area contributed by atoms with Gasteiger partial charge in [0.1, 0.15) is 34.1 Å². The Morgan fingerprint density at radius 1 is 0.906 bits per heavy atom. The van der Waals surface area contributed by atoms with Crippen molar-refractivity contribution in [3.63, 3.8) is 0 Å². The van der Waals surface area contributed by atoms with E-state index in [4.69, 9.17) is 19.8 Å². The first-order valence-corrected chi connectivity index (χ1v) is 24.4. The summed E-state index contributed by atoms with van der Waals surface area (Å²) in [6.07, 6.45) is 6.39. The van der Waals surface area contributed by atoms with Gasteiger partial charge in [0.15, 0.2) is 0 Å². The highest BCUT2D eigenvalue weighted by Crippen LogP contribution is 2.65. The standard InChI is InChI=1S/C46H68BN7O9S/c1-8-9-10-11-13-30-15-17-31(18-16-30)32-19-21-34(22-20-32)64(49,61)54-23-12-14-36(54)43(59)53-40(28(3)55)44(60)50-27(2)41(57)52-35(26-39(48)56)42(58)51-29(4)47-62-38-25-33-24-37(45(33,5)6)46(38,7)63-47/h15-22,27-29,33,35-38,40,49,55H,8-14,23-26H2,1-7H3,(H2,48,56)(H,50,60)(H,51,58)(H,52,57)(H,53,59)/t27-,28+,29-,33+,35?,36-,37+,38+,40-,46-,64-/m0/s1. The fraction of sp³-hybridized carbons (Fsp3) is 0.630. The van der Waals surface area contributed by atoms with Gasteiger partial charge < -0.3 is 41.4 Å². The van der Waals surface area contributed by atoms with Gasteiger partial charge in [-0.25, -0.2) is 13.3 Å². The fourth-order valence-corrected chi connectivity index (χ4v) is 11.9. The average Bonchev–Trinajstić information content (AvgIpc) is 3.90. The topological polar surface area (TPSA) is 242 Å². The predicted octanol–water partition coefficient (Wildman–Crippen LogP) is 3.76. The molecule has 5 aliphatic rings. The maximum absolute atomic E-state index is 14.1. The summed E-state index contributed by atoms with van der Waals surface area (Å²) in [7, 11) is -4.39. The highest BCUT2D eigenvalue weighted by Gasteiger charge is 2.68. The normalized spacial score (nSPS) is 26.8. The summed E-state index contributed by atoms with van der Waals surface area (Å²) >= 11 is 0. The minimum Gasteiger partial charge on any atom is -0.404 e. The van der Waals surface area contributed by atoms with E-state index in [0.29, 0.717) is 18.3 Å². The van der Waals surface area contributed by atoms with Crippen molar-refractivity contribution in [3.05, 3.63) is 54.1 Å². The van der Waals surface area contributed by atoms with Crippen molar-refractivity contribution < 1.29 is 42.6 Å². The smallest absolute Gasteiger partial charge is 0.404 e. The lowest BCUT2D eigenvalue weighted by atomic mass is 9.43. The number of nitrogens with zero attached hydrogens (tertiary/aromatic N) is 1. The van der Waals surface area contributed by atoms with Crippen LogP contribution in [0.25, 0.3) is 11.1 Å². The molecule has 8 N–H and O–H groups in total. The van der Waals surface area contributed by atoms with Gasteiger partial charge in [0.25, 0.3) is 0 Å². The second kappa shape index (κ2) is 20.0. The first-order chi connectivity index (χ1) is 30.2. The van der Waals surface area contributed by atoms with Crippen LogP contribution < -0.4 is 27.0 Å². The van der Waals surface area contributed by atoms with Crippen molar-refractivity contribution in [1.29, 1.82) is 4.78 Å². The zero-order valence-electron chi connectivity index (χ0n) is 38.3. The van der Waals surface area contributed by atoms with Crippen molar-refractivity contribution in [2.45, 2.75) is 165 Å². The third kappa shape index (κ3) is 10.5. The van der Waals surface area contributed by atoms with Crippen LogP contribution in [0.4, 0.5) is 0 Å². The van der Waals surface area contributed by atoms with Gasteiger partial charge in [-0.1, -0.05) is 76.4 Å². The van der Waals surface area contributed by atoms with Gasteiger partial charge in [-0.05, 0) is 112 Å². The van der Waals surface area contributed by atoms with Gasteiger partial charge in [0.05, 0.1) is 35.1 Å². The summed E-state index contributed by atoms with van der Waals surface area (Å²) in [5, 5.41) is 20.9. The number of aryl methyl sites for hydroxylation is 1. The molecule has 2 saturated heterocycles. The Bertz CT molecular complexity index is 2140. The molecule has 2 bridgehead atoms. The molecule has 3 saturated carbocycles. The maximum Gasteiger partial charge on any atom is 0.481 e. The van der Waals surface area contributed by atoms with Gasteiger partial charge in [0, 0.05) is 6.54 Å². The van der Waals surface area contributed by atoms with E-state index in [1.165, 1.54) is 43.0 Å². The minimum absolute atomic E-state index is 0.118. The Balaban J connectivity index is 1.02. The van der Waals surface area contributed by atoms with Crippen LogP contribution >= 0.6 is 0 Å². The van der Waals surface area contributed by atoms with E-state index in [1.807, 2.05) is 12.1 Å². The van der Waals surface area contributed by atoms with Crippen molar-refractivity contribution in [3.8, 4) is 11.1 Å². The molecule has 5 amide bonds. The van der Waals surface area contributed by atoms with Gasteiger partial charge in [-0.3, -0.25) is 24.0 Å². The fourth-order valence-electron chi connectivity index (χ4n) is 10.1. The number of nitrogens with two attached hydrogens (primary N) is 1. The summed E-state index contributed by atoms with van der Waals surface area (Å²) in [5.74, 6) is -3.80. The Morgan fingerprint density at radius 3 is 2.17 bits per heavy atom. The molecule has 2 heterocycles. The quantitative estimate of drug-likeness (QED) is 0.0755. The zero-order valence-corrected chi connectivity index (χ0v) is 39.1. The number of carbonyl (C=O) groups is 5. The molecule has 0 radical (unpaired) electrons. The zero-order chi connectivity index (χ0) is 46.7. The summed E-state index contributed by atoms with van der Waals surface area (Å²) < 4.78 is 37.2. The molecule has 2 aliphatic heterocycles. The van der Waals surface area contributed by atoms with Gasteiger partial charge >= 0.3 is 7.12 Å². The third-order valence-corrected chi connectivity index (χ3v) is 16.2. The van der Waals surface area contributed by atoms with Gasteiger partial charge in [0.2, 0.25) is 29.5 Å². The molecule has 5 fully saturated rings. The first kappa shape index (κ1) is 49.1. The molecular formula is C46H68BN7O9S. The van der Waals surface area contributed by atoms with Crippen molar-refractivity contribution in [1.82, 2.24) is 25.6 Å². The van der Waals surface area contributed by atoms with E-state index in [-0.39, 0.29) is 29.4 Å². The van der Waals surface area contributed by atoms with E-state index >= 15 is 0 Å². The second-order valence-corrected chi connectivity index (χ2v) is 21.2. The average molecular weight is 906 g/mol. The lowest BCUT2D eigenvalue weighted by molar-refractivity contribution is -0.199. The number of nitrogens with one attached hydrogen (secondary N) is 5. The monoisotopic (exact) mass is 905 g/mol. The number of primary amides is 1. The lowest BCUT2D eigenvalue weighted by Gasteiger charge is -2.64. The molecule has 16 nitrogen and oxygen atoms in total. The van der Waals surface area contributed by atoms with Crippen molar-refractivity contribution >= 4 is 46.6 Å². The third-order valence-electron chi connectivity index (χ3n) is 14.2. The van der Waals surface area contributed by atoms with Crippen molar-refractivity contribution in [2.24, 2.45) is 23.0 Å². The highest BCUT2D eigenvalue weighted by molar-refractivity contribution is 7.90. The molecule has 0 spiro atoms. The Labute approximate surface area is 378 Å². The number of benzene rings is 2. The number of amides is 5. The van der Waals surface area contributed by atoms with Crippen molar-refractivity contribution in [2.75, 3.05) is 6.54 Å². The molecular weight excluding hydrogens is 837 g/mol.